The van der Waals surface area contributed by atoms with E-state index in [0.717, 1.165) is 5.56 Å². The molecule has 1 aromatic carbocycles. The zero-order valence-electron chi connectivity index (χ0n) is 11.0. The zero-order chi connectivity index (χ0) is 14.0. The van der Waals surface area contributed by atoms with Crippen LogP contribution >= 0.6 is 11.8 Å². The first-order valence-corrected chi connectivity index (χ1v) is 6.98. The van der Waals surface area contributed by atoms with Crippen molar-refractivity contribution < 1.29 is 9.90 Å². The van der Waals surface area contributed by atoms with Crippen molar-refractivity contribution in [1.29, 1.82) is 0 Å². The molecule has 0 saturated carbocycles. The molecule has 0 fully saturated rings. The summed E-state index contributed by atoms with van der Waals surface area (Å²) in [5.74, 6) is -0.424. The number of aromatic carboxylic acids is 1. The fourth-order valence-corrected chi connectivity index (χ4v) is 2.30. The van der Waals surface area contributed by atoms with E-state index in [1.807, 2.05) is 30.5 Å². The first-order chi connectivity index (χ1) is 9.02. The van der Waals surface area contributed by atoms with Crippen molar-refractivity contribution in [2.45, 2.75) is 18.7 Å². The quantitative estimate of drug-likeness (QED) is 0.871. The van der Waals surface area contributed by atoms with Gasteiger partial charge in [0.1, 0.15) is 5.56 Å². The largest absolute Gasteiger partial charge is 0.478 e. The first-order valence-electron chi connectivity index (χ1n) is 5.76. The van der Waals surface area contributed by atoms with Gasteiger partial charge in [-0.1, -0.05) is 12.1 Å². The summed E-state index contributed by atoms with van der Waals surface area (Å²) in [4.78, 5) is 20.8. The number of nitrogens with zero attached hydrogens (tertiary/aromatic N) is 2. The number of hydrogen-bond donors (Lipinski definition) is 1. The second-order valence-electron chi connectivity index (χ2n) is 4.13. The lowest BCUT2D eigenvalue weighted by Crippen LogP contribution is -2.08. The van der Waals surface area contributed by atoms with Crippen LogP contribution < -0.4 is 0 Å². The standard InChI is InChI=1S/C14H14N2O2S/c1-8-12(14(17)18)9(2)16-13(15-8)10-4-6-11(19-3)7-5-10/h4-7H,1-3H3,(H,17,18). The van der Waals surface area contributed by atoms with Crippen LogP contribution in [0.15, 0.2) is 29.2 Å². The molecule has 0 aliphatic heterocycles. The van der Waals surface area contributed by atoms with E-state index in [0.29, 0.717) is 17.2 Å². The second kappa shape index (κ2) is 5.40. The van der Waals surface area contributed by atoms with Crippen LogP contribution in [0.4, 0.5) is 0 Å². The Balaban J connectivity index is 2.48. The molecule has 0 amide bonds. The Bertz CT molecular complexity index is 601. The molecule has 1 aromatic heterocycles. The lowest BCUT2D eigenvalue weighted by atomic mass is 10.1. The zero-order valence-corrected chi connectivity index (χ0v) is 11.8. The molecule has 4 nitrogen and oxygen atoms in total. The van der Waals surface area contributed by atoms with Gasteiger partial charge in [-0.05, 0) is 32.2 Å². The van der Waals surface area contributed by atoms with Crippen LogP contribution in [-0.2, 0) is 0 Å². The maximum absolute atomic E-state index is 11.1. The van der Waals surface area contributed by atoms with Crippen LogP contribution in [0, 0.1) is 13.8 Å². The Morgan fingerprint density at radius 2 is 1.63 bits per heavy atom. The van der Waals surface area contributed by atoms with Crippen molar-refractivity contribution in [3.8, 4) is 11.4 Å². The number of rotatable bonds is 3. The van der Waals surface area contributed by atoms with Gasteiger partial charge in [-0.2, -0.15) is 0 Å². The Morgan fingerprint density at radius 3 is 2.05 bits per heavy atom. The van der Waals surface area contributed by atoms with Crippen LogP contribution in [0.5, 0.6) is 0 Å². The third-order valence-corrected chi connectivity index (χ3v) is 3.58. The highest BCUT2D eigenvalue weighted by atomic mass is 32.2. The van der Waals surface area contributed by atoms with Gasteiger partial charge < -0.3 is 5.11 Å². The monoisotopic (exact) mass is 274 g/mol. The third kappa shape index (κ3) is 2.76. The van der Waals surface area contributed by atoms with E-state index < -0.39 is 5.97 Å². The van der Waals surface area contributed by atoms with E-state index in [2.05, 4.69) is 9.97 Å². The molecule has 0 spiro atoms. The van der Waals surface area contributed by atoms with Gasteiger partial charge in [0.15, 0.2) is 5.82 Å². The van der Waals surface area contributed by atoms with Crippen LogP contribution in [0.3, 0.4) is 0 Å². The van der Waals surface area contributed by atoms with Crippen molar-refractivity contribution in [3.05, 3.63) is 41.2 Å². The van der Waals surface area contributed by atoms with Crippen molar-refractivity contribution in [1.82, 2.24) is 9.97 Å². The predicted molar refractivity (Wildman–Crippen MR) is 75.7 cm³/mol. The fourth-order valence-electron chi connectivity index (χ4n) is 1.90. The SMILES string of the molecule is CSc1ccc(-c2nc(C)c(C(=O)O)c(C)n2)cc1. The minimum atomic E-state index is -0.987. The van der Waals surface area contributed by atoms with E-state index in [1.165, 1.54) is 4.90 Å². The molecular formula is C14H14N2O2S. The Labute approximate surface area is 115 Å². The topological polar surface area (TPSA) is 63.1 Å². The highest BCUT2D eigenvalue weighted by molar-refractivity contribution is 7.98. The molecule has 0 unspecified atom stereocenters. The number of carbonyl (C=O) groups is 1. The summed E-state index contributed by atoms with van der Waals surface area (Å²) in [6.45, 7) is 3.38. The Morgan fingerprint density at radius 1 is 1.11 bits per heavy atom. The third-order valence-electron chi connectivity index (χ3n) is 2.83. The van der Waals surface area contributed by atoms with Gasteiger partial charge in [0, 0.05) is 10.5 Å². The van der Waals surface area contributed by atoms with Crippen molar-refractivity contribution >= 4 is 17.7 Å². The number of thioether (sulfide) groups is 1. The van der Waals surface area contributed by atoms with Gasteiger partial charge in [-0.25, -0.2) is 14.8 Å². The van der Waals surface area contributed by atoms with E-state index >= 15 is 0 Å². The number of carboxylic acids is 1. The molecule has 0 radical (unpaired) electrons. The van der Waals surface area contributed by atoms with Crippen LogP contribution in [0.1, 0.15) is 21.7 Å². The van der Waals surface area contributed by atoms with Crippen molar-refractivity contribution in [2.24, 2.45) is 0 Å². The molecule has 0 saturated heterocycles. The number of aryl methyl sites for hydroxylation is 2. The van der Waals surface area contributed by atoms with E-state index in [-0.39, 0.29) is 5.56 Å². The molecule has 19 heavy (non-hydrogen) atoms. The summed E-state index contributed by atoms with van der Waals surface area (Å²) in [5, 5.41) is 9.09. The highest BCUT2D eigenvalue weighted by Crippen LogP contribution is 2.22. The van der Waals surface area contributed by atoms with Crippen LogP contribution in [0.25, 0.3) is 11.4 Å². The first kappa shape index (κ1) is 13.5. The molecule has 0 bridgehead atoms. The normalized spacial score (nSPS) is 10.5. The maximum atomic E-state index is 11.1. The van der Waals surface area contributed by atoms with E-state index in [1.54, 1.807) is 25.6 Å². The molecule has 98 valence electrons. The lowest BCUT2D eigenvalue weighted by Gasteiger charge is -2.08. The summed E-state index contributed by atoms with van der Waals surface area (Å²) in [6.07, 6.45) is 2.02. The highest BCUT2D eigenvalue weighted by Gasteiger charge is 2.15. The molecule has 0 atom stereocenters. The molecule has 0 aliphatic carbocycles. The lowest BCUT2D eigenvalue weighted by molar-refractivity contribution is 0.0694. The van der Waals surface area contributed by atoms with Gasteiger partial charge in [0.2, 0.25) is 0 Å². The number of aromatic nitrogens is 2. The Hall–Kier alpha value is -1.88. The molecule has 0 aliphatic rings. The minimum Gasteiger partial charge on any atom is -0.478 e. The van der Waals surface area contributed by atoms with E-state index in [4.69, 9.17) is 5.11 Å². The second-order valence-corrected chi connectivity index (χ2v) is 5.01. The number of carboxylic acid groups (broad SMARTS) is 1. The van der Waals surface area contributed by atoms with Gasteiger partial charge >= 0.3 is 5.97 Å². The molecule has 1 N–H and O–H groups in total. The predicted octanol–water partition coefficient (Wildman–Crippen LogP) is 3.18. The summed E-state index contributed by atoms with van der Waals surface area (Å²) < 4.78 is 0. The average Bonchev–Trinajstić information content (AvgIpc) is 2.37. The number of hydrogen-bond acceptors (Lipinski definition) is 4. The maximum Gasteiger partial charge on any atom is 0.339 e. The fraction of sp³-hybridized carbons (Fsp3) is 0.214. The Kier molecular flexibility index (Phi) is 3.85. The molecule has 2 aromatic rings. The van der Waals surface area contributed by atoms with Gasteiger partial charge in [0.25, 0.3) is 0 Å². The van der Waals surface area contributed by atoms with Crippen LogP contribution in [-0.4, -0.2) is 27.3 Å². The number of benzene rings is 1. The smallest absolute Gasteiger partial charge is 0.339 e. The summed E-state index contributed by atoms with van der Waals surface area (Å²) in [6, 6.07) is 7.89. The molecule has 5 heteroatoms. The summed E-state index contributed by atoms with van der Waals surface area (Å²) >= 11 is 1.67. The van der Waals surface area contributed by atoms with Gasteiger partial charge in [-0.3, -0.25) is 0 Å². The van der Waals surface area contributed by atoms with Crippen molar-refractivity contribution in [2.75, 3.05) is 6.26 Å². The van der Waals surface area contributed by atoms with Crippen LogP contribution in [0.2, 0.25) is 0 Å². The molecule has 2 rings (SSSR count). The van der Waals surface area contributed by atoms with Gasteiger partial charge in [0.05, 0.1) is 11.4 Å². The van der Waals surface area contributed by atoms with Crippen molar-refractivity contribution in [3.63, 3.8) is 0 Å². The van der Waals surface area contributed by atoms with Gasteiger partial charge in [-0.15, -0.1) is 11.8 Å². The summed E-state index contributed by atoms with van der Waals surface area (Å²) in [7, 11) is 0. The molecular weight excluding hydrogens is 260 g/mol. The average molecular weight is 274 g/mol. The summed E-state index contributed by atoms with van der Waals surface area (Å²) in [5.41, 5.74) is 2.05. The molecule has 1 heterocycles. The minimum absolute atomic E-state index is 0.185. The van der Waals surface area contributed by atoms with E-state index in [9.17, 15) is 4.79 Å².